The highest BCUT2D eigenvalue weighted by Crippen LogP contribution is 2.12. The van der Waals surface area contributed by atoms with E-state index in [4.69, 9.17) is 5.14 Å². The van der Waals surface area contributed by atoms with Crippen LogP contribution in [0.5, 0.6) is 0 Å². The summed E-state index contributed by atoms with van der Waals surface area (Å²) in [5.41, 5.74) is -0.971. The Bertz CT molecular complexity index is 193. The maximum Gasteiger partial charge on any atom is 0.239 e. The molecule has 1 aliphatic heterocycles. The largest absolute Gasteiger partial charge is 0.239 e. The third-order valence-electron chi connectivity index (χ3n) is 1.21. The molecule has 0 aromatic heterocycles. The van der Waals surface area contributed by atoms with Crippen molar-refractivity contribution in [1.29, 1.82) is 0 Å². The van der Waals surface area contributed by atoms with Crippen LogP contribution in [-0.4, -0.2) is 20.5 Å². The maximum absolute atomic E-state index is 10.6. The highest BCUT2D eigenvalue weighted by Gasteiger charge is 2.25. The van der Waals surface area contributed by atoms with Gasteiger partial charge in [0.25, 0.3) is 0 Å². The van der Waals surface area contributed by atoms with Crippen LogP contribution in [0.25, 0.3) is 0 Å². The lowest BCUT2D eigenvalue weighted by molar-refractivity contribution is -0.324. The second-order valence-electron chi connectivity index (χ2n) is 2.08. The summed E-state index contributed by atoms with van der Waals surface area (Å²) in [5, 5.41) is 4.78. The van der Waals surface area contributed by atoms with Gasteiger partial charge >= 0.3 is 0 Å². The third kappa shape index (κ3) is 1.91. The van der Waals surface area contributed by atoms with Crippen molar-refractivity contribution in [2.45, 2.75) is 18.3 Å². The van der Waals surface area contributed by atoms with Gasteiger partial charge in [0.05, 0.1) is 6.61 Å². The van der Waals surface area contributed by atoms with Gasteiger partial charge in [0.1, 0.15) is 0 Å². The molecule has 1 unspecified atom stereocenters. The van der Waals surface area contributed by atoms with E-state index in [9.17, 15) is 8.42 Å². The number of nitrogens with two attached hydrogens (primary N) is 1. The van der Waals surface area contributed by atoms with E-state index in [2.05, 4.69) is 9.78 Å². The third-order valence-corrected chi connectivity index (χ3v) is 2.26. The fraction of sp³-hybridized carbons (Fsp3) is 1.00. The van der Waals surface area contributed by atoms with E-state index in [1.807, 2.05) is 0 Å². The molecule has 1 fully saturated rings. The molecular weight excluding hydrogens is 158 g/mol. The predicted molar refractivity (Wildman–Crippen MR) is 33.2 cm³/mol. The Morgan fingerprint density at radius 3 is 2.50 bits per heavy atom. The normalized spacial score (nSPS) is 28.3. The van der Waals surface area contributed by atoms with Crippen LogP contribution in [-0.2, 0) is 19.8 Å². The molecule has 1 aliphatic rings. The Labute approximate surface area is 59.1 Å². The first kappa shape index (κ1) is 7.93. The molecule has 0 amide bonds. The second kappa shape index (κ2) is 2.83. The molecule has 0 bridgehead atoms. The Balaban J connectivity index is 2.56. The monoisotopic (exact) mass is 167 g/mol. The molecule has 0 saturated carbocycles. The van der Waals surface area contributed by atoms with E-state index in [0.29, 0.717) is 19.4 Å². The quantitative estimate of drug-likeness (QED) is 0.526. The molecular formula is C4H9NO4S. The van der Waals surface area contributed by atoms with E-state index in [-0.39, 0.29) is 0 Å². The van der Waals surface area contributed by atoms with Crippen molar-refractivity contribution in [3.05, 3.63) is 0 Å². The summed E-state index contributed by atoms with van der Waals surface area (Å²) in [6.07, 6.45) is 1.08. The van der Waals surface area contributed by atoms with Gasteiger partial charge in [-0.15, -0.1) is 0 Å². The molecule has 0 spiro atoms. The van der Waals surface area contributed by atoms with Crippen LogP contribution in [0, 0.1) is 0 Å². The first-order valence-electron chi connectivity index (χ1n) is 2.90. The molecule has 10 heavy (non-hydrogen) atoms. The van der Waals surface area contributed by atoms with Gasteiger partial charge < -0.3 is 0 Å². The second-order valence-corrected chi connectivity index (χ2v) is 3.78. The van der Waals surface area contributed by atoms with E-state index in [0.717, 1.165) is 0 Å². The number of sulfonamides is 1. The standard InChI is InChI=1S/C4H9NO4S/c5-10(6,7)4-2-1-3-8-9-4/h4H,1-3H2,(H2,5,6,7). The van der Waals surface area contributed by atoms with Gasteiger partial charge in [0, 0.05) is 0 Å². The molecule has 1 saturated heterocycles. The van der Waals surface area contributed by atoms with E-state index in [1.54, 1.807) is 0 Å². The summed E-state index contributed by atoms with van der Waals surface area (Å²) in [6, 6.07) is 0. The molecule has 0 aromatic carbocycles. The molecule has 1 heterocycles. The molecule has 1 rings (SSSR count). The van der Waals surface area contributed by atoms with Gasteiger partial charge in [-0.2, -0.15) is 0 Å². The van der Waals surface area contributed by atoms with Gasteiger partial charge in [-0.3, -0.25) is 0 Å². The minimum absolute atomic E-state index is 0.416. The van der Waals surface area contributed by atoms with Crippen molar-refractivity contribution in [2.75, 3.05) is 6.61 Å². The van der Waals surface area contributed by atoms with E-state index < -0.39 is 15.5 Å². The zero-order chi connectivity index (χ0) is 7.61. The fourth-order valence-corrected chi connectivity index (χ4v) is 1.36. The maximum atomic E-state index is 10.6. The van der Waals surface area contributed by atoms with Gasteiger partial charge in [-0.05, 0) is 12.8 Å². The summed E-state index contributed by atoms with van der Waals surface area (Å²) < 4.78 is 21.1. The van der Waals surface area contributed by atoms with Crippen LogP contribution in [0.15, 0.2) is 0 Å². The zero-order valence-corrected chi connectivity index (χ0v) is 6.13. The van der Waals surface area contributed by atoms with Crippen LogP contribution in [0.4, 0.5) is 0 Å². The molecule has 5 nitrogen and oxygen atoms in total. The number of rotatable bonds is 1. The lowest BCUT2D eigenvalue weighted by atomic mass is 10.3. The van der Waals surface area contributed by atoms with Crippen molar-refractivity contribution in [3.8, 4) is 0 Å². The minimum atomic E-state index is -3.57. The average molecular weight is 167 g/mol. The van der Waals surface area contributed by atoms with Crippen molar-refractivity contribution in [2.24, 2.45) is 5.14 Å². The first-order valence-corrected chi connectivity index (χ1v) is 4.51. The number of hydrogen-bond donors (Lipinski definition) is 1. The van der Waals surface area contributed by atoms with Crippen LogP contribution < -0.4 is 5.14 Å². The number of hydrogen-bond acceptors (Lipinski definition) is 4. The lowest BCUT2D eigenvalue weighted by Crippen LogP contribution is -2.33. The highest BCUT2D eigenvalue weighted by molar-refractivity contribution is 7.89. The number of primary sulfonamides is 1. The topological polar surface area (TPSA) is 78.6 Å². The summed E-state index contributed by atoms with van der Waals surface area (Å²) in [7, 11) is -3.57. The molecule has 0 radical (unpaired) electrons. The van der Waals surface area contributed by atoms with Crippen molar-refractivity contribution < 1.29 is 18.2 Å². The summed E-state index contributed by atoms with van der Waals surface area (Å²) in [5.74, 6) is 0. The average Bonchev–Trinajstić information content (AvgIpc) is 1.88. The molecule has 0 aliphatic carbocycles. The van der Waals surface area contributed by atoms with Crippen LogP contribution >= 0.6 is 0 Å². The van der Waals surface area contributed by atoms with Crippen LogP contribution in [0.2, 0.25) is 0 Å². The Morgan fingerprint density at radius 2 is 2.20 bits per heavy atom. The highest BCUT2D eigenvalue weighted by atomic mass is 32.2. The fourth-order valence-electron chi connectivity index (χ4n) is 0.700. The van der Waals surface area contributed by atoms with Crippen molar-refractivity contribution >= 4 is 10.0 Å². The SMILES string of the molecule is NS(=O)(=O)C1CCCOO1. The van der Waals surface area contributed by atoms with E-state index in [1.165, 1.54) is 0 Å². The molecule has 2 N–H and O–H groups in total. The Kier molecular flexibility index (Phi) is 2.24. The van der Waals surface area contributed by atoms with Crippen LogP contribution in [0.3, 0.4) is 0 Å². The first-order chi connectivity index (χ1) is 4.61. The Hall–Kier alpha value is -0.170. The molecule has 1 atom stereocenters. The summed E-state index contributed by atoms with van der Waals surface area (Å²) in [6.45, 7) is 0.437. The molecule has 60 valence electrons. The predicted octanol–water partition coefficient (Wildman–Crippen LogP) is -0.657. The van der Waals surface area contributed by atoms with Gasteiger partial charge in [0.2, 0.25) is 15.5 Å². The van der Waals surface area contributed by atoms with Gasteiger partial charge in [-0.1, -0.05) is 0 Å². The van der Waals surface area contributed by atoms with E-state index >= 15 is 0 Å². The van der Waals surface area contributed by atoms with Gasteiger partial charge in [-0.25, -0.2) is 23.3 Å². The molecule has 6 heteroatoms. The summed E-state index contributed by atoms with van der Waals surface area (Å²) >= 11 is 0. The van der Waals surface area contributed by atoms with Crippen LogP contribution in [0.1, 0.15) is 12.8 Å². The minimum Gasteiger partial charge on any atom is -0.235 e. The molecule has 0 aromatic rings. The van der Waals surface area contributed by atoms with Crippen molar-refractivity contribution in [3.63, 3.8) is 0 Å². The lowest BCUT2D eigenvalue weighted by Gasteiger charge is -2.18. The summed E-state index contributed by atoms with van der Waals surface area (Å²) in [4.78, 5) is 8.88. The Morgan fingerprint density at radius 1 is 1.50 bits per heavy atom. The van der Waals surface area contributed by atoms with Crippen molar-refractivity contribution in [1.82, 2.24) is 0 Å². The smallest absolute Gasteiger partial charge is 0.235 e. The van der Waals surface area contributed by atoms with Gasteiger partial charge in [0.15, 0.2) is 0 Å². The zero-order valence-electron chi connectivity index (χ0n) is 5.32.